The summed E-state index contributed by atoms with van der Waals surface area (Å²) in [6.45, 7) is 1.12. The van der Waals surface area contributed by atoms with Crippen molar-refractivity contribution in [3.8, 4) is 0 Å². The van der Waals surface area contributed by atoms with Gasteiger partial charge < -0.3 is 9.73 Å². The maximum atomic E-state index is 5.71. The molecule has 0 aliphatic carbocycles. The molecule has 4 heteroatoms. The zero-order valence-electron chi connectivity index (χ0n) is 8.87. The Morgan fingerprint density at radius 1 is 1.50 bits per heavy atom. The number of fused-ring (bicyclic) bond motifs is 1. The third kappa shape index (κ3) is 1.99. The van der Waals surface area contributed by atoms with Crippen molar-refractivity contribution in [1.82, 2.24) is 10.3 Å². The molecule has 3 nitrogen and oxygen atoms in total. The van der Waals surface area contributed by atoms with Crippen molar-refractivity contribution in [2.75, 3.05) is 6.54 Å². The maximum absolute atomic E-state index is 5.71. The highest BCUT2D eigenvalue weighted by atomic mass is 79.9. The van der Waals surface area contributed by atoms with Gasteiger partial charge in [-0.25, -0.2) is 4.98 Å². The van der Waals surface area contributed by atoms with Gasteiger partial charge in [0.15, 0.2) is 11.5 Å². The number of nitrogens with zero attached hydrogens (tertiary/aromatic N) is 1. The van der Waals surface area contributed by atoms with E-state index < -0.39 is 0 Å². The van der Waals surface area contributed by atoms with E-state index in [0.29, 0.717) is 6.04 Å². The van der Waals surface area contributed by atoms with Crippen LogP contribution >= 0.6 is 15.9 Å². The van der Waals surface area contributed by atoms with Crippen LogP contribution in [0.2, 0.25) is 0 Å². The summed E-state index contributed by atoms with van der Waals surface area (Å²) in [4.78, 5) is 4.50. The summed E-state index contributed by atoms with van der Waals surface area (Å²) >= 11 is 3.44. The van der Waals surface area contributed by atoms with E-state index >= 15 is 0 Å². The van der Waals surface area contributed by atoms with Crippen LogP contribution in [0.3, 0.4) is 0 Å². The molecule has 2 aromatic rings. The normalized spacial score (nSPS) is 20.7. The maximum Gasteiger partial charge on any atom is 0.197 e. The van der Waals surface area contributed by atoms with Crippen LogP contribution in [0.1, 0.15) is 18.7 Å². The first-order valence-corrected chi connectivity index (χ1v) is 6.39. The number of hydrogen-bond acceptors (Lipinski definition) is 3. The fourth-order valence-electron chi connectivity index (χ4n) is 2.18. The van der Waals surface area contributed by atoms with E-state index in [9.17, 15) is 0 Å². The minimum absolute atomic E-state index is 0.538. The highest BCUT2D eigenvalue weighted by Gasteiger charge is 2.17. The Labute approximate surface area is 102 Å². The van der Waals surface area contributed by atoms with Gasteiger partial charge in [-0.15, -0.1) is 0 Å². The summed E-state index contributed by atoms with van der Waals surface area (Å²) in [7, 11) is 0. The van der Waals surface area contributed by atoms with Crippen molar-refractivity contribution >= 4 is 27.0 Å². The molecule has 1 fully saturated rings. The van der Waals surface area contributed by atoms with Crippen molar-refractivity contribution < 1.29 is 4.42 Å². The lowest BCUT2D eigenvalue weighted by Gasteiger charge is -2.05. The Balaban J connectivity index is 1.86. The quantitative estimate of drug-likeness (QED) is 0.919. The monoisotopic (exact) mass is 280 g/mol. The van der Waals surface area contributed by atoms with Gasteiger partial charge in [0.2, 0.25) is 0 Å². The number of hydrogen-bond donors (Lipinski definition) is 1. The molecule has 1 aromatic heterocycles. The molecule has 0 saturated carbocycles. The molecular weight excluding hydrogens is 268 g/mol. The lowest BCUT2D eigenvalue weighted by molar-refractivity contribution is 0.478. The van der Waals surface area contributed by atoms with Gasteiger partial charge in [0, 0.05) is 16.9 Å². The van der Waals surface area contributed by atoms with Crippen molar-refractivity contribution in [2.24, 2.45) is 0 Å². The van der Waals surface area contributed by atoms with Gasteiger partial charge in [0.25, 0.3) is 0 Å². The Hall–Kier alpha value is -0.870. The largest absolute Gasteiger partial charge is 0.441 e. The number of halogens is 1. The molecule has 1 N–H and O–H groups in total. The molecule has 16 heavy (non-hydrogen) atoms. The first-order valence-electron chi connectivity index (χ1n) is 5.59. The second kappa shape index (κ2) is 4.18. The number of benzene rings is 1. The second-order valence-corrected chi connectivity index (χ2v) is 5.13. The van der Waals surface area contributed by atoms with Crippen molar-refractivity contribution in [3.63, 3.8) is 0 Å². The molecule has 0 bridgehead atoms. The van der Waals surface area contributed by atoms with E-state index in [1.165, 1.54) is 12.8 Å². The van der Waals surface area contributed by atoms with Gasteiger partial charge in [0.05, 0.1) is 0 Å². The summed E-state index contributed by atoms with van der Waals surface area (Å²) < 4.78 is 6.75. The number of rotatable bonds is 2. The molecule has 1 atom stereocenters. The van der Waals surface area contributed by atoms with Gasteiger partial charge in [0.1, 0.15) is 5.52 Å². The van der Waals surface area contributed by atoms with E-state index in [4.69, 9.17) is 4.42 Å². The first kappa shape index (κ1) is 10.3. The average Bonchev–Trinajstić information content (AvgIpc) is 2.86. The van der Waals surface area contributed by atoms with E-state index in [-0.39, 0.29) is 0 Å². The lowest BCUT2D eigenvalue weighted by Crippen LogP contribution is -2.23. The summed E-state index contributed by atoms with van der Waals surface area (Å²) in [5, 5.41) is 3.45. The molecule has 3 rings (SSSR count). The van der Waals surface area contributed by atoms with Crippen LogP contribution in [0.4, 0.5) is 0 Å². The predicted molar refractivity (Wildman–Crippen MR) is 66.4 cm³/mol. The highest BCUT2D eigenvalue weighted by Crippen LogP contribution is 2.21. The van der Waals surface area contributed by atoms with E-state index in [1.54, 1.807) is 0 Å². The molecule has 0 amide bonds. The third-order valence-electron chi connectivity index (χ3n) is 2.98. The topological polar surface area (TPSA) is 38.1 Å². The number of nitrogens with one attached hydrogen (secondary N) is 1. The predicted octanol–water partition coefficient (Wildman–Crippen LogP) is 2.88. The number of aromatic nitrogens is 1. The SMILES string of the molecule is Brc1ccc2oc(CC3CCCN3)nc2c1. The molecule has 0 spiro atoms. The van der Waals surface area contributed by atoms with Gasteiger partial charge >= 0.3 is 0 Å². The summed E-state index contributed by atoms with van der Waals surface area (Å²) in [5.41, 5.74) is 1.80. The van der Waals surface area contributed by atoms with Crippen molar-refractivity contribution in [3.05, 3.63) is 28.6 Å². The van der Waals surface area contributed by atoms with Gasteiger partial charge in [-0.1, -0.05) is 15.9 Å². The molecular formula is C12H13BrN2O. The second-order valence-electron chi connectivity index (χ2n) is 4.22. The fraction of sp³-hybridized carbons (Fsp3) is 0.417. The molecule has 1 aliphatic heterocycles. The van der Waals surface area contributed by atoms with Gasteiger partial charge in [-0.3, -0.25) is 0 Å². The Bertz CT molecular complexity index is 503. The van der Waals surface area contributed by atoms with E-state index in [1.807, 2.05) is 18.2 Å². The average molecular weight is 281 g/mol. The standard InChI is InChI=1S/C12H13BrN2O/c13-8-3-4-11-10(6-8)15-12(16-11)7-9-2-1-5-14-9/h3-4,6,9,14H,1-2,5,7H2. The first-order chi connectivity index (χ1) is 7.81. The van der Waals surface area contributed by atoms with Gasteiger partial charge in [-0.2, -0.15) is 0 Å². The lowest BCUT2D eigenvalue weighted by atomic mass is 10.2. The molecule has 0 radical (unpaired) electrons. The van der Waals surface area contributed by atoms with Crippen LogP contribution in [0.15, 0.2) is 27.1 Å². The summed E-state index contributed by atoms with van der Waals surface area (Å²) in [6.07, 6.45) is 3.38. The Morgan fingerprint density at radius 2 is 2.44 bits per heavy atom. The van der Waals surface area contributed by atoms with Crippen LogP contribution in [0.25, 0.3) is 11.1 Å². The third-order valence-corrected chi connectivity index (χ3v) is 3.47. The van der Waals surface area contributed by atoms with E-state index in [0.717, 1.165) is 34.4 Å². The van der Waals surface area contributed by atoms with Crippen LogP contribution in [0, 0.1) is 0 Å². The molecule has 1 unspecified atom stereocenters. The van der Waals surface area contributed by atoms with Crippen LogP contribution in [-0.2, 0) is 6.42 Å². The summed E-state index contributed by atoms with van der Waals surface area (Å²) in [5.74, 6) is 0.840. The minimum Gasteiger partial charge on any atom is -0.441 e. The molecule has 84 valence electrons. The minimum atomic E-state index is 0.538. The van der Waals surface area contributed by atoms with Crippen LogP contribution < -0.4 is 5.32 Å². The fourth-order valence-corrected chi connectivity index (χ4v) is 2.53. The zero-order valence-corrected chi connectivity index (χ0v) is 10.5. The zero-order chi connectivity index (χ0) is 11.0. The molecule has 1 aliphatic rings. The Morgan fingerprint density at radius 3 is 3.25 bits per heavy atom. The van der Waals surface area contributed by atoms with Crippen LogP contribution in [-0.4, -0.2) is 17.6 Å². The molecule has 1 saturated heterocycles. The van der Waals surface area contributed by atoms with Crippen molar-refractivity contribution in [1.29, 1.82) is 0 Å². The highest BCUT2D eigenvalue weighted by molar-refractivity contribution is 9.10. The smallest absolute Gasteiger partial charge is 0.197 e. The molecule has 1 aromatic carbocycles. The summed E-state index contributed by atoms with van der Waals surface area (Å²) in [6, 6.07) is 6.46. The number of oxazole rings is 1. The van der Waals surface area contributed by atoms with Crippen LogP contribution in [0.5, 0.6) is 0 Å². The van der Waals surface area contributed by atoms with E-state index in [2.05, 4.69) is 26.2 Å². The Kier molecular flexibility index (Phi) is 2.69. The van der Waals surface area contributed by atoms with Crippen molar-refractivity contribution in [2.45, 2.75) is 25.3 Å². The van der Waals surface area contributed by atoms with Gasteiger partial charge in [-0.05, 0) is 37.6 Å². The molecule has 2 heterocycles.